The van der Waals surface area contributed by atoms with Gasteiger partial charge in [0.1, 0.15) is 5.78 Å². The molecule has 0 aromatic heterocycles. The highest BCUT2D eigenvalue weighted by Crippen LogP contribution is 2.17. The first-order valence-electron chi connectivity index (χ1n) is 5.16. The van der Waals surface area contributed by atoms with Crippen LogP contribution in [0.2, 0.25) is 0 Å². The fourth-order valence-electron chi connectivity index (χ4n) is 2.39. The molecule has 2 aliphatic heterocycles. The molecule has 0 amide bonds. The highest BCUT2D eigenvalue weighted by molar-refractivity contribution is 5.82. The summed E-state index contributed by atoms with van der Waals surface area (Å²) in [4.78, 5) is 15.7. The van der Waals surface area contributed by atoms with Crippen molar-refractivity contribution in [1.82, 2.24) is 9.80 Å². The van der Waals surface area contributed by atoms with Gasteiger partial charge in [0.25, 0.3) is 0 Å². The second-order valence-electron chi connectivity index (χ2n) is 4.44. The van der Waals surface area contributed by atoms with Crippen LogP contribution in [-0.2, 0) is 4.79 Å². The molecule has 0 spiro atoms. The predicted molar refractivity (Wildman–Crippen MR) is 51.7 cm³/mol. The fraction of sp³-hybridized carbons (Fsp3) is 0.900. The van der Waals surface area contributed by atoms with Crippen LogP contribution >= 0.6 is 0 Å². The molecule has 0 aromatic carbocycles. The molecule has 0 N–H and O–H groups in total. The molecule has 0 radical (unpaired) electrons. The molecule has 0 aromatic rings. The normalized spacial score (nSPS) is 31.8. The minimum absolute atomic E-state index is 0.423. The Hall–Kier alpha value is -0.410. The van der Waals surface area contributed by atoms with E-state index in [0.29, 0.717) is 12.3 Å². The van der Waals surface area contributed by atoms with Gasteiger partial charge < -0.3 is 4.90 Å². The molecule has 3 nitrogen and oxygen atoms in total. The smallest absolute Gasteiger partial charge is 0.148 e. The summed E-state index contributed by atoms with van der Waals surface area (Å²) in [5.74, 6) is 1.22. The van der Waals surface area contributed by atoms with Crippen LogP contribution in [0, 0.1) is 5.92 Å². The maximum atomic E-state index is 11.0. The molecule has 2 aliphatic rings. The van der Waals surface area contributed by atoms with Crippen LogP contribution in [0.25, 0.3) is 0 Å². The van der Waals surface area contributed by atoms with Crippen molar-refractivity contribution in [1.29, 1.82) is 0 Å². The number of carbonyl (C=O) groups is 1. The molecule has 2 fully saturated rings. The van der Waals surface area contributed by atoms with Gasteiger partial charge in [0.2, 0.25) is 0 Å². The molecule has 0 saturated carbocycles. The number of carbonyl (C=O) groups excluding carboxylic acids is 1. The van der Waals surface area contributed by atoms with E-state index in [1.54, 1.807) is 0 Å². The standard InChI is InChI=1S/C10H18N2O/c1-11-4-2-9(6-11)7-12-5-3-10(13)8-12/h9H,2-8H2,1H3. The van der Waals surface area contributed by atoms with Crippen LogP contribution in [0.3, 0.4) is 0 Å². The van der Waals surface area contributed by atoms with Crippen molar-refractivity contribution in [3.63, 3.8) is 0 Å². The van der Waals surface area contributed by atoms with Gasteiger partial charge in [-0.25, -0.2) is 0 Å². The molecule has 3 heteroatoms. The third-order valence-corrected chi connectivity index (χ3v) is 3.11. The largest absolute Gasteiger partial charge is 0.306 e. The lowest BCUT2D eigenvalue weighted by Gasteiger charge is -2.18. The van der Waals surface area contributed by atoms with E-state index >= 15 is 0 Å². The average Bonchev–Trinajstić information content (AvgIpc) is 2.62. The van der Waals surface area contributed by atoms with E-state index in [0.717, 1.165) is 25.4 Å². The Balaban J connectivity index is 1.75. The number of likely N-dealkylation sites (tertiary alicyclic amines) is 2. The Labute approximate surface area is 79.7 Å². The number of nitrogens with zero attached hydrogens (tertiary/aromatic N) is 2. The molecule has 74 valence electrons. The van der Waals surface area contributed by atoms with Crippen LogP contribution in [-0.4, -0.2) is 55.4 Å². The molecule has 2 saturated heterocycles. The highest BCUT2D eigenvalue weighted by Gasteiger charge is 2.25. The summed E-state index contributed by atoms with van der Waals surface area (Å²) < 4.78 is 0. The lowest BCUT2D eigenvalue weighted by Crippen LogP contribution is -2.29. The second kappa shape index (κ2) is 3.76. The van der Waals surface area contributed by atoms with E-state index in [4.69, 9.17) is 0 Å². The first-order valence-corrected chi connectivity index (χ1v) is 5.16. The Morgan fingerprint density at radius 1 is 1.46 bits per heavy atom. The molecule has 0 aliphatic carbocycles. The second-order valence-corrected chi connectivity index (χ2v) is 4.44. The van der Waals surface area contributed by atoms with Gasteiger partial charge in [0, 0.05) is 26.1 Å². The SMILES string of the molecule is CN1CCC(CN2CCC(=O)C2)C1. The average molecular weight is 182 g/mol. The van der Waals surface area contributed by atoms with Crippen LogP contribution in [0.4, 0.5) is 0 Å². The van der Waals surface area contributed by atoms with Gasteiger partial charge in [-0.05, 0) is 25.9 Å². The molecule has 13 heavy (non-hydrogen) atoms. The van der Waals surface area contributed by atoms with Crippen molar-refractivity contribution in [3.05, 3.63) is 0 Å². The number of Topliss-reactive ketones (excluding diaryl/α,β-unsaturated/α-hetero) is 1. The van der Waals surface area contributed by atoms with Gasteiger partial charge in [-0.1, -0.05) is 0 Å². The van der Waals surface area contributed by atoms with E-state index in [-0.39, 0.29) is 0 Å². The quantitative estimate of drug-likeness (QED) is 0.610. The van der Waals surface area contributed by atoms with Gasteiger partial charge in [-0.3, -0.25) is 9.69 Å². The van der Waals surface area contributed by atoms with E-state index in [2.05, 4.69) is 16.8 Å². The maximum absolute atomic E-state index is 11.0. The minimum atomic E-state index is 0.423. The Bertz CT molecular complexity index is 205. The summed E-state index contributed by atoms with van der Waals surface area (Å²) in [6.45, 7) is 5.28. The van der Waals surface area contributed by atoms with Gasteiger partial charge in [0.05, 0.1) is 6.54 Å². The monoisotopic (exact) mass is 182 g/mol. The molecule has 1 unspecified atom stereocenters. The summed E-state index contributed by atoms with van der Waals surface area (Å²) in [6.07, 6.45) is 2.09. The number of ketones is 1. The lowest BCUT2D eigenvalue weighted by atomic mass is 10.1. The lowest BCUT2D eigenvalue weighted by molar-refractivity contribution is -0.116. The minimum Gasteiger partial charge on any atom is -0.306 e. The van der Waals surface area contributed by atoms with Gasteiger partial charge in [-0.2, -0.15) is 0 Å². The topological polar surface area (TPSA) is 23.6 Å². The summed E-state index contributed by atoms with van der Waals surface area (Å²) in [5, 5.41) is 0. The van der Waals surface area contributed by atoms with E-state index in [1.807, 2.05) is 0 Å². The third-order valence-electron chi connectivity index (χ3n) is 3.11. The summed E-state index contributed by atoms with van der Waals surface area (Å²) >= 11 is 0. The molecular weight excluding hydrogens is 164 g/mol. The molecule has 0 bridgehead atoms. The molecule has 1 atom stereocenters. The van der Waals surface area contributed by atoms with Crippen molar-refractivity contribution in [2.45, 2.75) is 12.8 Å². The zero-order chi connectivity index (χ0) is 9.26. The van der Waals surface area contributed by atoms with E-state index in [9.17, 15) is 4.79 Å². The fourth-order valence-corrected chi connectivity index (χ4v) is 2.39. The maximum Gasteiger partial charge on any atom is 0.148 e. The van der Waals surface area contributed by atoms with Gasteiger partial charge in [-0.15, -0.1) is 0 Å². The Morgan fingerprint density at radius 2 is 2.31 bits per heavy atom. The predicted octanol–water partition coefficient (Wildman–Crippen LogP) is 0.213. The first kappa shape index (κ1) is 9.16. The van der Waals surface area contributed by atoms with Crippen LogP contribution in [0.5, 0.6) is 0 Å². The van der Waals surface area contributed by atoms with Crippen LogP contribution in [0.15, 0.2) is 0 Å². The number of rotatable bonds is 2. The Kier molecular flexibility index (Phi) is 2.65. The number of hydrogen-bond donors (Lipinski definition) is 0. The summed E-state index contributed by atoms with van der Waals surface area (Å²) in [7, 11) is 2.18. The van der Waals surface area contributed by atoms with E-state index in [1.165, 1.54) is 19.5 Å². The van der Waals surface area contributed by atoms with Gasteiger partial charge >= 0.3 is 0 Å². The molecular formula is C10H18N2O. The van der Waals surface area contributed by atoms with Crippen molar-refractivity contribution < 1.29 is 4.79 Å². The summed E-state index contributed by atoms with van der Waals surface area (Å²) in [6, 6.07) is 0. The highest BCUT2D eigenvalue weighted by atomic mass is 16.1. The molecule has 2 heterocycles. The van der Waals surface area contributed by atoms with Gasteiger partial charge in [0.15, 0.2) is 0 Å². The van der Waals surface area contributed by atoms with Crippen molar-refractivity contribution in [2.75, 3.05) is 39.8 Å². The van der Waals surface area contributed by atoms with Crippen LogP contribution < -0.4 is 0 Å². The zero-order valence-corrected chi connectivity index (χ0v) is 8.33. The third kappa shape index (κ3) is 2.29. The zero-order valence-electron chi connectivity index (χ0n) is 8.33. The summed E-state index contributed by atoms with van der Waals surface area (Å²) in [5.41, 5.74) is 0. The van der Waals surface area contributed by atoms with Crippen LogP contribution in [0.1, 0.15) is 12.8 Å². The van der Waals surface area contributed by atoms with Crippen molar-refractivity contribution >= 4 is 5.78 Å². The number of hydrogen-bond acceptors (Lipinski definition) is 3. The molecule has 2 rings (SSSR count). The first-order chi connectivity index (χ1) is 6.24. The van der Waals surface area contributed by atoms with Crippen molar-refractivity contribution in [2.24, 2.45) is 5.92 Å². The van der Waals surface area contributed by atoms with Crippen molar-refractivity contribution in [3.8, 4) is 0 Å². The Morgan fingerprint density at radius 3 is 2.85 bits per heavy atom. The van der Waals surface area contributed by atoms with E-state index < -0.39 is 0 Å².